The largest absolute Gasteiger partial charge is 0.378 e. The van der Waals surface area contributed by atoms with E-state index in [2.05, 4.69) is 15.2 Å². The van der Waals surface area contributed by atoms with Crippen LogP contribution in [0.3, 0.4) is 0 Å². The Morgan fingerprint density at radius 2 is 2.47 bits per heavy atom. The number of H-pyrrole nitrogens is 1. The van der Waals surface area contributed by atoms with E-state index in [9.17, 15) is 0 Å². The predicted molar refractivity (Wildman–Crippen MR) is 60.2 cm³/mol. The SMILES string of the molecule is COCc1ncc(-c2n[nH]c(=S)n2C)s1. The molecule has 2 rings (SSSR count). The van der Waals surface area contributed by atoms with Gasteiger partial charge in [0.1, 0.15) is 5.01 Å². The number of rotatable bonds is 3. The molecular weight excluding hydrogens is 232 g/mol. The van der Waals surface area contributed by atoms with E-state index < -0.39 is 0 Å². The smallest absolute Gasteiger partial charge is 0.195 e. The molecule has 0 aliphatic heterocycles. The lowest BCUT2D eigenvalue weighted by Crippen LogP contribution is -1.90. The number of nitrogens with zero attached hydrogens (tertiary/aromatic N) is 3. The number of ether oxygens (including phenoxy) is 1. The normalized spacial score (nSPS) is 10.8. The van der Waals surface area contributed by atoms with E-state index in [1.807, 2.05) is 11.6 Å². The summed E-state index contributed by atoms with van der Waals surface area (Å²) in [6.45, 7) is 0.527. The fourth-order valence-corrected chi connectivity index (χ4v) is 2.22. The maximum absolute atomic E-state index is 5.04. The molecule has 7 heteroatoms. The van der Waals surface area contributed by atoms with E-state index in [0.717, 1.165) is 15.7 Å². The Kier molecular flexibility index (Phi) is 2.94. The minimum atomic E-state index is 0.527. The summed E-state index contributed by atoms with van der Waals surface area (Å²) in [6, 6.07) is 0. The van der Waals surface area contributed by atoms with Gasteiger partial charge in [-0.3, -0.25) is 5.10 Å². The molecule has 5 nitrogen and oxygen atoms in total. The highest BCUT2D eigenvalue weighted by atomic mass is 32.1. The zero-order valence-corrected chi connectivity index (χ0v) is 9.98. The van der Waals surface area contributed by atoms with Gasteiger partial charge in [-0.15, -0.1) is 11.3 Å². The summed E-state index contributed by atoms with van der Waals surface area (Å²) in [5, 5.41) is 7.81. The first kappa shape index (κ1) is 10.5. The van der Waals surface area contributed by atoms with Crippen LogP contribution in [0.1, 0.15) is 5.01 Å². The first-order chi connectivity index (χ1) is 7.22. The van der Waals surface area contributed by atoms with Gasteiger partial charge in [-0.05, 0) is 12.2 Å². The molecule has 0 amide bonds. The van der Waals surface area contributed by atoms with Crippen LogP contribution in [-0.4, -0.2) is 26.9 Å². The number of aromatic nitrogens is 4. The van der Waals surface area contributed by atoms with Gasteiger partial charge in [0, 0.05) is 20.4 Å². The van der Waals surface area contributed by atoms with E-state index in [1.165, 1.54) is 0 Å². The summed E-state index contributed by atoms with van der Waals surface area (Å²) < 4.78 is 7.43. The quantitative estimate of drug-likeness (QED) is 0.833. The number of aromatic amines is 1. The third-order valence-electron chi connectivity index (χ3n) is 1.92. The number of methoxy groups -OCH3 is 1. The van der Waals surface area contributed by atoms with Crippen molar-refractivity contribution in [1.82, 2.24) is 19.7 Å². The van der Waals surface area contributed by atoms with Crippen molar-refractivity contribution in [3.63, 3.8) is 0 Å². The van der Waals surface area contributed by atoms with Crippen LogP contribution in [0.2, 0.25) is 0 Å². The molecule has 0 fully saturated rings. The Morgan fingerprint density at radius 3 is 3.07 bits per heavy atom. The third-order valence-corrected chi connectivity index (χ3v) is 3.25. The second-order valence-electron chi connectivity index (χ2n) is 2.96. The van der Waals surface area contributed by atoms with Gasteiger partial charge in [0.2, 0.25) is 0 Å². The highest BCUT2D eigenvalue weighted by Crippen LogP contribution is 2.24. The number of hydrogen-bond acceptors (Lipinski definition) is 5. The standard InChI is InChI=1S/C8H10N4OS2/c1-12-7(10-11-8(12)14)5-3-9-6(15-5)4-13-2/h3H,4H2,1-2H3,(H,11,14). The minimum absolute atomic E-state index is 0.527. The topological polar surface area (TPSA) is 55.7 Å². The predicted octanol–water partition coefficient (Wildman–Crippen LogP) is 1.75. The maximum Gasteiger partial charge on any atom is 0.195 e. The highest BCUT2D eigenvalue weighted by Gasteiger charge is 2.09. The van der Waals surface area contributed by atoms with E-state index in [1.54, 1.807) is 24.6 Å². The van der Waals surface area contributed by atoms with Gasteiger partial charge in [-0.2, -0.15) is 5.10 Å². The lowest BCUT2D eigenvalue weighted by atomic mass is 10.5. The van der Waals surface area contributed by atoms with Crippen LogP contribution in [0.15, 0.2) is 6.20 Å². The molecule has 0 aliphatic rings. The van der Waals surface area contributed by atoms with Crippen LogP contribution in [0.5, 0.6) is 0 Å². The van der Waals surface area contributed by atoms with Gasteiger partial charge in [0.15, 0.2) is 10.6 Å². The summed E-state index contributed by atoms with van der Waals surface area (Å²) in [5.74, 6) is 0.805. The molecular formula is C8H10N4OS2. The molecule has 0 saturated heterocycles. The van der Waals surface area contributed by atoms with Crippen LogP contribution in [0, 0.1) is 4.77 Å². The van der Waals surface area contributed by atoms with Gasteiger partial charge >= 0.3 is 0 Å². The van der Waals surface area contributed by atoms with Crippen molar-refractivity contribution in [3.05, 3.63) is 16.0 Å². The molecule has 0 radical (unpaired) electrons. The fourth-order valence-electron chi connectivity index (χ4n) is 1.17. The second kappa shape index (κ2) is 4.21. The molecule has 1 N–H and O–H groups in total. The van der Waals surface area contributed by atoms with Crippen LogP contribution in [0.4, 0.5) is 0 Å². The Hall–Kier alpha value is -1.05. The van der Waals surface area contributed by atoms with Crippen molar-refractivity contribution >= 4 is 23.6 Å². The Morgan fingerprint density at radius 1 is 1.67 bits per heavy atom. The summed E-state index contributed by atoms with van der Waals surface area (Å²) in [4.78, 5) is 5.21. The van der Waals surface area contributed by atoms with Crippen molar-refractivity contribution in [2.24, 2.45) is 7.05 Å². The highest BCUT2D eigenvalue weighted by molar-refractivity contribution is 7.71. The van der Waals surface area contributed by atoms with Gasteiger partial charge in [-0.25, -0.2) is 4.98 Å². The van der Waals surface area contributed by atoms with Gasteiger partial charge in [0.05, 0.1) is 11.5 Å². The van der Waals surface area contributed by atoms with Crippen molar-refractivity contribution in [3.8, 4) is 10.7 Å². The fraction of sp³-hybridized carbons (Fsp3) is 0.375. The Labute approximate surface area is 95.7 Å². The average molecular weight is 242 g/mol. The molecule has 0 saturated carbocycles. The van der Waals surface area contributed by atoms with Crippen LogP contribution >= 0.6 is 23.6 Å². The van der Waals surface area contributed by atoms with E-state index in [4.69, 9.17) is 17.0 Å². The molecule has 2 aromatic heterocycles. The summed E-state index contributed by atoms with van der Waals surface area (Å²) >= 11 is 6.59. The zero-order chi connectivity index (χ0) is 10.8. The Balaban J connectivity index is 2.37. The van der Waals surface area contributed by atoms with Gasteiger partial charge in [0.25, 0.3) is 0 Å². The van der Waals surface area contributed by atoms with Gasteiger partial charge in [-0.1, -0.05) is 0 Å². The molecule has 0 unspecified atom stereocenters. The second-order valence-corrected chi connectivity index (χ2v) is 4.46. The third kappa shape index (κ3) is 1.99. The molecule has 0 atom stereocenters. The van der Waals surface area contributed by atoms with E-state index in [0.29, 0.717) is 11.4 Å². The number of hydrogen-bond donors (Lipinski definition) is 1. The zero-order valence-electron chi connectivity index (χ0n) is 8.35. The molecule has 2 aromatic rings. The molecule has 0 bridgehead atoms. The first-order valence-corrected chi connectivity index (χ1v) is 5.50. The molecule has 80 valence electrons. The number of thiazole rings is 1. The van der Waals surface area contributed by atoms with Crippen LogP contribution in [-0.2, 0) is 18.4 Å². The summed E-state index contributed by atoms with van der Waals surface area (Å²) in [7, 11) is 3.52. The number of nitrogens with one attached hydrogen (secondary N) is 1. The van der Waals surface area contributed by atoms with Crippen molar-refractivity contribution < 1.29 is 4.74 Å². The van der Waals surface area contributed by atoms with Gasteiger partial charge < -0.3 is 9.30 Å². The van der Waals surface area contributed by atoms with Crippen LogP contribution < -0.4 is 0 Å². The monoisotopic (exact) mass is 242 g/mol. The molecule has 0 aromatic carbocycles. The summed E-state index contributed by atoms with van der Waals surface area (Å²) in [6.07, 6.45) is 1.78. The van der Waals surface area contributed by atoms with Crippen molar-refractivity contribution in [2.75, 3.05) is 7.11 Å². The molecule has 15 heavy (non-hydrogen) atoms. The Bertz CT molecular complexity index is 513. The van der Waals surface area contributed by atoms with Crippen molar-refractivity contribution in [1.29, 1.82) is 0 Å². The average Bonchev–Trinajstić information content (AvgIpc) is 2.77. The lowest BCUT2D eigenvalue weighted by molar-refractivity contribution is 0.184. The lowest BCUT2D eigenvalue weighted by Gasteiger charge is -1.94. The molecule has 0 spiro atoms. The minimum Gasteiger partial charge on any atom is -0.378 e. The molecule has 0 aliphatic carbocycles. The van der Waals surface area contributed by atoms with E-state index in [-0.39, 0.29) is 0 Å². The van der Waals surface area contributed by atoms with Crippen molar-refractivity contribution in [2.45, 2.75) is 6.61 Å². The maximum atomic E-state index is 5.04. The first-order valence-electron chi connectivity index (χ1n) is 4.27. The van der Waals surface area contributed by atoms with Crippen LogP contribution in [0.25, 0.3) is 10.7 Å². The molecule has 2 heterocycles. The summed E-state index contributed by atoms with van der Waals surface area (Å²) in [5.41, 5.74) is 0. The van der Waals surface area contributed by atoms with E-state index >= 15 is 0 Å².